The molecule has 0 spiro atoms. The Bertz CT molecular complexity index is 607. The second-order valence-electron chi connectivity index (χ2n) is 10.1. The number of carbonyl (C=O) groups is 1. The Hall–Kier alpha value is -1.13. The maximum Gasteiger partial charge on any atom is 0.302 e. The van der Waals surface area contributed by atoms with Crippen molar-refractivity contribution in [2.75, 3.05) is 0 Å². The quantitative estimate of drug-likeness (QED) is 0.408. The number of rotatable bonds is 2. The van der Waals surface area contributed by atoms with E-state index in [4.69, 9.17) is 4.74 Å². The number of fused-ring (bicyclic) bond motifs is 5. The van der Waals surface area contributed by atoms with Gasteiger partial charge in [-0.1, -0.05) is 13.8 Å². The molecule has 0 bridgehead atoms. The maximum atomic E-state index is 11.6. The minimum absolute atomic E-state index is 0.0119. The highest BCUT2D eigenvalue weighted by molar-refractivity contribution is 5.66. The molecule has 0 aromatic rings. The summed E-state index contributed by atoms with van der Waals surface area (Å²) in [6.45, 7) is 6.19. The Labute approximate surface area is 156 Å². The Morgan fingerprint density at radius 3 is 2.38 bits per heavy atom. The molecule has 0 aromatic heterocycles. The van der Waals surface area contributed by atoms with E-state index in [1.807, 2.05) is 0 Å². The summed E-state index contributed by atoms with van der Waals surface area (Å²) in [4.78, 5) is 23.0. The van der Waals surface area contributed by atoms with E-state index in [1.165, 1.54) is 19.8 Å². The van der Waals surface area contributed by atoms with E-state index < -0.39 is 0 Å². The second kappa shape index (κ2) is 6.20. The van der Waals surface area contributed by atoms with Crippen LogP contribution in [-0.4, -0.2) is 23.0 Å². The smallest absolute Gasteiger partial charge is 0.302 e. The average molecular weight is 363 g/mol. The van der Waals surface area contributed by atoms with Gasteiger partial charge < -0.3 is 4.74 Å². The SMILES string of the molecule is CC(=O)O[C@H]1CC[C@]2(C)C3CC[C@@]4(C)C(CC[C@@H]4[N+](=O)[O-])C3CC[C@@H]2C1. The zero-order chi connectivity index (χ0) is 18.7. The fourth-order valence-electron chi connectivity index (χ4n) is 7.88. The van der Waals surface area contributed by atoms with E-state index in [9.17, 15) is 14.9 Å². The number of esters is 1. The molecule has 0 N–H and O–H groups in total. The summed E-state index contributed by atoms with van der Waals surface area (Å²) in [5.74, 6) is 2.37. The van der Waals surface area contributed by atoms with E-state index in [2.05, 4.69) is 13.8 Å². The highest BCUT2D eigenvalue weighted by Crippen LogP contribution is 2.66. The molecule has 0 saturated heterocycles. The van der Waals surface area contributed by atoms with E-state index in [0.717, 1.165) is 44.9 Å². The van der Waals surface area contributed by atoms with Crippen LogP contribution in [0.3, 0.4) is 0 Å². The predicted molar refractivity (Wildman–Crippen MR) is 98.1 cm³/mol. The zero-order valence-corrected chi connectivity index (χ0v) is 16.4. The van der Waals surface area contributed by atoms with Gasteiger partial charge in [0.2, 0.25) is 6.04 Å². The molecule has 5 nitrogen and oxygen atoms in total. The molecular weight excluding hydrogens is 330 g/mol. The minimum Gasteiger partial charge on any atom is -0.463 e. The fourth-order valence-corrected chi connectivity index (χ4v) is 7.88. The third-order valence-corrected chi connectivity index (χ3v) is 9.15. The summed E-state index contributed by atoms with van der Waals surface area (Å²) in [7, 11) is 0. The molecule has 0 radical (unpaired) electrons. The van der Waals surface area contributed by atoms with Crippen LogP contribution in [0.25, 0.3) is 0 Å². The van der Waals surface area contributed by atoms with Crippen LogP contribution in [0.2, 0.25) is 0 Å². The van der Waals surface area contributed by atoms with Gasteiger partial charge in [-0.3, -0.25) is 14.9 Å². The van der Waals surface area contributed by atoms with Crippen molar-refractivity contribution in [1.29, 1.82) is 0 Å². The fraction of sp³-hybridized carbons (Fsp3) is 0.952. The zero-order valence-electron chi connectivity index (χ0n) is 16.4. The molecular formula is C21H33NO4. The molecule has 0 amide bonds. The number of carbonyl (C=O) groups excluding carboxylic acids is 1. The number of hydrogen-bond donors (Lipinski definition) is 0. The lowest BCUT2D eigenvalue weighted by molar-refractivity contribution is -0.540. The lowest BCUT2D eigenvalue weighted by Crippen LogP contribution is -2.55. The number of nitro groups is 1. The molecule has 26 heavy (non-hydrogen) atoms. The first kappa shape index (κ1) is 18.2. The molecule has 4 aliphatic rings. The topological polar surface area (TPSA) is 69.4 Å². The largest absolute Gasteiger partial charge is 0.463 e. The molecule has 4 fully saturated rings. The van der Waals surface area contributed by atoms with Crippen molar-refractivity contribution >= 4 is 5.97 Å². The van der Waals surface area contributed by atoms with Crippen molar-refractivity contribution in [1.82, 2.24) is 0 Å². The van der Waals surface area contributed by atoms with Gasteiger partial charge in [0, 0.05) is 23.7 Å². The normalized spacial score (nSPS) is 50.3. The van der Waals surface area contributed by atoms with Gasteiger partial charge in [-0.25, -0.2) is 0 Å². The molecule has 0 aromatic carbocycles. The van der Waals surface area contributed by atoms with Gasteiger partial charge in [0.15, 0.2) is 0 Å². The Kier molecular flexibility index (Phi) is 4.35. The van der Waals surface area contributed by atoms with Crippen LogP contribution in [0.5, 0.6) is 0 Å². The molecule has 146 valence electrons. The summed E-state index contributed by atoms with van der Waals surface area (Å²) in [6, 6.07) is -0.335. The third-order valence-electron chi connectivity index (χ3n) is 9.15. The van der Waals surface area contributed by atoms with Crippen molar-refractivity contribution in [2.24, 2.45) is 34.5 Å². The van der Waals surface area contributed by atoms with E-state index >= 15 is 0 Å². The van der Waals surface area contributed by atoms with Crippen molar-refractivity contribution in [3.8, 4) is 0 Å². The molecule has 5 heteroatoms. The number of nitrogens with zero attached hydrogens (tertiary/aromatic N) is 1. The maximum absolute atomic E-state index is 11.6. The van der Waals surface area contributed by atoms with Crippen LogP contribution < -0.4 is 0 Å². The Morgan fingerprint density at radius 2 is 1.69 bits per heavy atom. The van der Waals surface area contributed by atoms with E-state index in [1.54, 1.807) is 0 Å². The third kappa shape index (κ3) is 2.60. The summed E-state index contributed by atoms with van der Waals surface area (Å²) in [6.07, 6.45) is 9.61. The molecule has 4 saturated carbocycles. The van der Waals surface area contributed by atoms with Crippen LogP contribution in [0, 0.1) is 44.6 Å². The van der Waals surface area contributed by atoms with E-state index in [0.29, 0.717) is 29.1 Å². The Morgan fingerprint density at radius 1 is 1.00 bits per heavy atom. The molecule has 4 rings (SSSR count). The average Bonchev–Trinajstić information content (AvgIpc) is 2.92. The van der Waals surface area contributed by atoms with Crippen LogP contribution in [0.1, 0.15) is 78.6 Å². The summed E-state index contributed by atoms with van der Waals surface area (Å²) >= 11 is 0. The first-order valence-corrected chi connectivity index (χ1v) is 10.6. The highest BCUT2D eigenvalue weighted by atomic mass is 16.6. The predicted octanol–water partition coefficient (Wildman–Crippen LogP) is 4.61. The van der Waals surface area contributed by atoms with Gasteiger partial charge in [-0.15, -0.1) is 0 Å². The van der Waals surface area contributed by atoms with Crippen LogP contribution in [0.4, 0.5) is 0 Å². The van der Waals surface area contributed by atoms with Crippen LogP contribution in [0.15, 0.2) is 0 Å². The van der Waals surface area contributed by atoms with Crippen LogP contribution >= 0.6 is 0 Å². The number of ether oxygens (including phenoxy) is 1. The van der Waals surface area contributed by atoms with Crippen molar-refractivity contribution in [2.45, 2.75) is 90.7 Å². The molecule has 0 heterocycles. The summed E-state index contributed by atoms with van der Waals surface area (Å²) in [5, 5.41) is 11.6. The van der Waals surface area contributed by atoms with Gasteiger partial charge in [0.1, 0.15) is 6.10 Å². The molecule has 4 aliphatic carbocycles. The molecule has 0 aliphatic heterocycles. The van der Waals surface area contributed by atoms with Gasteiger partial charge in [0.25, 0.3) is 0 Å². The lowest BCUT2D eigenvalue weighted by Gasteiger charge is -2.60. The first-order valence-electron chi connectivity index (χ1n) is 10.6. The minimum atomic E-state index is -0.335. The first-order chi connectivity index (χ1) is 12.3. The second-order valence-corrected chi connectivity index (χ2v) is 10.1. The van der Waals surface area contributed by atoms with E-state index in [-0.39, 0.29) is 28.5 Å². The monoisotopic (exact) mass is 363 g/mol. The van der Waals surface area contributed by atoms with Crippen molar-refractivity contribution < 1.29 is 14.5 Å². The van der Waals surface area contributed by atoms with Crippen LogP contribution in [-0.2, 0) is 9.53 Å². The van der Waals surface area contributed by atoms with Gasteiger partial charge in [-0.2, -0.15) is 0 Å². The van der Waals surface area contributed by atoms with Crippen molar-refractivity contribution in [3.05, 3.63) is 10.1 Å². The lowest BCUT2D eigenvalue weighted by atomic mass is 9.45. The van der Waals surface area contributed by atoms with Gasteiger partial charge >= 0.3 is 5.97 Å². The Balaban J connectivity index is 1.54. The van der Waals surface area contributed by atoms with Gasteiger partial charge in [-0.05, 0) is 80.5 Å². The molecule has 8 atom stereocenters. The number of hydrogen-bond acceptors (Lipinski definition) is 4. The van der Waals surface area contributed by atoms with Gasteiger partial charge in [0.05, 0.1) is 0 Å². The van der Waals surface area contributed by atoms with Crippen molar-refractivity contribution in [3.63, 3.8) is 0 Å². The molecule has 3 unspecified atom stereocenters. The standard InChI is InChI=1S/C21H33NO4/c1-13(23)26-15-8-10-20(2)14(12-15)4-5-16-17-6-7-19(22(24)25)21(17,3)11-9-18(16)20/h14-19H,4-12H2,1-3H3/t14-,15+,16?,17?,18?,19+,20+,21+/m1/s1. The summed E-state index contributed by atoms with van der Waals surface area (Å²) in [5.41, 5.74) is 0.233. The highest BCUT2D eigenvalue weighted by Gasteiger charge is 2.63. The summed E-state index contributed by atoms with van der Waals surface area (Å²) < 4.78 is 5.53.